The molecule has 2 aliphatic heterocycles. The zero-order valence-electron chi connectivity index (χ0n) is 13.6. The minimum atomic E-state index is -0.792. The van der Waals surface area contributed by atoms with Gasteiger partial charge in [0.05, 0.1) is 13.2 Å². The molecule has 2 saturated heterocycles. The van der Waals surface area contributed by atoms with Gasteiger partial charge in [0.15, 0.2) is 12.6 Å². The molecule has 0 aliphatic carbocycles. The maximum absolute atomic E-state index is 6.41. The van der Waals surface area contributed by atoms with E-state index in [2.05, 4.69) is 0 Å². The average Bonchev–Trinajstić information content (AvgIpc) is 3.33. The van der Waals surface area contributed by atoms with Gasteiger partial charge in [-0.25, -0.2) is 0 Å². The normalized spacial score (nSPS) is 30.3. The monoisotopic (exact) mass is 306 g/mol. The van der Waals surface area contributed by atoms with Gasteiger partial charge in [-0.3, -0.25) is 0 Å². The molecule has 0 aromatic carbocycles. The van der Waals surface area contributed by atoms with E-state index in [0.717, 1.165) is 0 Å². The highest BCUT2D eigenvalue weighted by Crippen LogP contribution is 2.42. The molecular formula is C14H26O7. The van der Waals surface area contributed by atoms with Crippen LogP contribution in [-0.4, -0.2) is 77.6 Å². The Morgan fingerprint density at radius 3 is 1.24 bits per heavy atom. The van der Waals surface area contributed by atoms with Crippen LogP contribution in [0.15, 0.2) is 0 Å². The summed E-state index contributed by atoms with van der Waals surface area (Å²) in [7, 11) is 6.31. The van der Waals surface area contributed by atoms with Crippen LogP contribution in [0, 0.1) is 0 Å². The Kier molecular flexibility index (Phi) is 5.25. The molecule has 0 saturated carbocycles. The quantitative estimate of drug-likeness (QED) is 0.431. The van der Waals surface area contributed by atoms with Crippen LogP contribution in [0.4, 0.5) is 0 Å². The standard InChI is InChI=1S/C14H26O7/c1-13(9-7-19-9,11(15-3)16-4)21-14(2,10-8-20-10)12(17-5)18-6/h9-12H,7-8H2,1-6H3. The van der Waals surface area contributed by atoms with Crippen molar-refractivity contribution < 1.29 is 33.2 Å². The molecule has 0 N–H and O–H groups in total. The Balaban J connectivity index is 2.23. The lowest BCUT2D eigenvalue weighted by Gasteiger charge is -2.44. The first-order valence-corrected chi connectivity index (χ1v) is 7.00. The van der Waals surface area contributed by atoms with Crippen LogP contribution in [0.2, 0.25) is 0 Å². The highest BCUT2D eigenvalue weighted by molar-refractivity contribution is 5.03. The zero-order chi connectivity index (χ0) is 15.7. The van der Waals surface area contributed by atoms with Crippen LogP contribution in [0.1, 0.15) is 13.8 Å². The summed E-state index contributed by atoms with van der Waals surface area (Å²) in [6.07, 6.45) is -1.35. The molecule has 21 heavy (non-hydrogen) atoms. The predicted molar refractivity (Wildman–Crippen MR) is 73.0 cm³/mol. The van der Waals surface area contributed by atoms with Gasteiger partial charge in [-0.2, -0.15) is 0 Å². The topological polar surface area (TPSA) is 71.2 Å². The molecule has 4 atom stereocenters. The fourth-order valence-corrected chi connectivity index (χ4v) is 2.89. The van der Waals surface area contributed by atoms with E-state index < -0.39 is 23.8 Å². The van der Waals surface area contributed by atoms with Gasteiger partial charge in [0, 0.05) is 28.4 Å². The largest absolute Gasteiger partial charge is 0.370 e. The summed E-state index contributed by atoms with van der Waals surface area (Å²) in [4.78, 5) is 0. The van der Waals surface area contributed by atoms with Gasteiger partial charge in [0.25, 0.3) is 0 Å². The Morgan fingerprint density at radius 1 is 0.762 bits per heavy atom. The molecule has 0 aromatic heterocycles. The first-order valence-electron chi connectivity index (χ1n) is 7.00. The van der Waals surface area contributed by atoms with Crippen molar-refractivity contribution in [3.8, 4) is 0 Å². The fourth-order valence-electron chi connectivity index (χ4n) is 2.89. The van der Waals surface area contributed by atoms with Crippen molar-refractivity contribution in [1.29, 1.82) is 0 Å². The highest BCUT2D eigenvalue weighted by atomic mass is 16.7. The van der Waals surface area contributed by atoms with Crippen LogP contribution in [-0.2, 0) is 33.2 Å². The summed E-state index contributed by atoms with van der Waals surface area (Å²) in [6.45, 7) is 5.02. The van der Waals surface area contributed by atoms with Crippen molar-refractivity contribution in [3.05, 3.63) is 0 Å². The van der Waals surface area contributed by atoms with Gasteiger partial charge < -0.3 is 33.2 Å². The highest BCUT2D eigenvalue weighted by Gasteiger charge is 2.60. The molecule has 2 rings (SSSR count). The molecule has 0 radical (unpaired) electrons. The summed E-state index contributed by atoms with van der Waals surface area (Å²) in [5, 5.41) is 0. The lowest BCUT2D eigenvalue weighted by molar-refractivity contribution is -0.318. The second-order valence-electron chi connectivity index (χ2n) is 5.72. The second kappa shape index (κ2) is 6.45. The summed E-state index contributed by atoms with van der Waals surface area (Å²) in [5.74, 6) is 0. The van der Waals surface area contributed by atoms with E-state index in [4.69, 9.17) is 33.2 Å². The first kappa shape index (κ1) is 17.1. The van der Waals surface area contributed by atoms with Crippen LogP contribution < -0.4 is 0 Å². The van der Waals surface area contributed by atoms with E-state index in [0.29, 0.717) is 13.2 Å². The summed E-state index contributed by atoms with van der Waals surface area (Å²) in [6, 6.07) is 0. The minimum Gasteiger partial charge on any atom is -0.370 e. The fraction of sp³-hybridized carbons (Fsp3) is 1.00. The maximum atomic E-state index is 6.41. The molecule has 124 valence electrons. The Hall–Kier alpha value is -0.280. The molecule has 0 aromatic rings. The van der Waals surface area contributed by atoms with Gasteiger partial charge in [0.2, 0.25) is 0 Å². The van der Waals surface area contributed by atoms with Crippen molar-refractivity contribution in [2.45, 2.75) is 49.8 Å². The molecule has 0 spiro atoms. The van der Waals surface area contributed by atoms with Gasteiger partial charge >= 0.3 is 0 Å². The second-order valence-corrected chi connectivity index (χ2v) is 5.72. The number of hydrogen-bond donors (Lipinski definition) is 0. The molecule has 0 amide bonds. The van der Waals surface area contributed by atoms with Crippen molar-refractivity contribution in [1.82, 2.24) is 0 Å². The van der Waals surface area contributed by atoms with E-state index >= 15 is 0 Å². The van der Waals surface area contributed by atoms with E-state index in [9.17, 15) is 0 Å². The number of epoxide rings is 2. The predicted octanol–water partition coefficient (Wildman–Crippen LogP) is 0.556. The van der Waals surface area contributed by atoms with E-state index in [1.807, 2.05) is 13.8 Å². The van der Waals surface area contributed by atoms with Crippen molar-refractivity contribution in [3.63, 3.8) is 0 Å². The number of hydrogen-bond acceptors (Lipinski definition) is 7. The third kappa shape index (κ3) is 3.24. The Morgan fingerprint density at radius 2 is 1.05 bits per heavy atom. The van der Waals surface area contributed by atoms with Crippen molar-refractivity contribution >= 4 is 0 Å². The van der Waals surface area contributed by atoms with Gasteiger partial charge in [-0.05, 0) is 13.8 Å². The molecule has 7 nitrogen and oxygen atoms in total. The molecule has 0 bridgehead atoms. The summed E-state index contributed by atoms with van der Waals surface area (Å²) >= 11 is 0. The van der Waals surface area contributed by atoms with Crippen molar-refractivity contribution in [2.75, 3.05) is 41.7 Å². The molecule has 2 fully saturated rings. The van der Waals surface area contributed by atoms with E-state index in [1.54, 1.807) is 28.4 Å². The number of methoxy groups -OCH3 is 4. The zero-order valence-corrected chi connectivity index (χ0v) is 13.6. The van der Waals surface area contributed by atoms with E-state index in [-0.39, 0.29) is 12.2 Å². The van der Waals surface area contributed by atoms with Gasteiger partial charge in [0.1, 0.15) is 23.4 Å². The average molecular weight is 306 g/mol. The van der Waals surface area contributed by atoms with Crippen LogP contribution in [0.3, 0.4) is 0 Å². The molecule has 4 unspecified atom stereocenters. The molecule has 2 heterocycles. The third-order valence-corrected chi connectivity index (χ3v) is 4.18. The lowest BCUT2D eigenvalue weighted by Crippen LogP contribution is -2.60. The number of ether oxygens (including phenoxy) is 7. The lowest BCUT2D eigenvalue weighted by atomic mass is 9.95. The molecule has 7 heteroatoms. The molecular weight excluding hydrogens is 280 g/mol. The maximum Gasteiger partial charge on any atom is 0.188 e. The van der Waals surface area contributed by atoms with Crippen LogP contribution in [0.5, 0.6) is 0 Å². The summed E-state index contributed by atoms with van der Waals surface area (Å²) in [5.41, 5.74) is -1.58. The van der Waals surface area contributed by atoms with Gasteiger partial charge in [-0.15, -0.1) is 0 Å². The third-order valence-electron chi connectivity index (χ3n) is 4.18. The van der Waals surface area contributed by atoms with Crippen LogP contribution in [0.25, 0.3) is 0 Å². The Bertz CT molecular complexity index is 304. The molecule has 2 aliphatic rings. The minimum absolute atomic E-state index is 0.102. The first-order chi connectivity index (χ1) is 9.96. The summed E-state index contributed by atoms with van der Waals surface area (Å²) < 4.78 is 38.9. The number of rotatable bonds is 10. The van der Waals surface area contributed by atoms with Gasteiger partial charge in [-0.1, -0.05) is 0 Å². The smallest absolute Gasteiger partial charge is 0.188 e. The van der Waals surface area contributed by atoms with Crippen molar-refractivity contribution in [2.24, 2.45) is 0 Å². The SMILES string of the molecule is COC(OC)C(C)(OC(C)(C1CO1)C(OC)OC)C1CO1. The Labute approximate surface area is 125 Å². The van der Waals surface area contributed by atoms with Crippen LogP contribution >= 0.6 is 0 Å². The van der Waals surface area contributed by atoms with E-state index in [1.165, 1.54) is 0 Å².